The number of nitrogens with one attached hydrogen (secondary N) is 2. The maximum absolute atomic E-state index is 13.5. The number of pyridine rings is 1. The average molecular weight is 551 g/mol. The summed E-state index contributed by atoms with van der Waals surface area (Å²) in [6.07, 6.45) is 15.9. The molecule has 0 spiro atoms. The first-order chi connectivity index (χ1) is 19.9. The van der Waals surface area contributed by atoms with Crippen LogP contribution in [0.3, 0.4) is 0 Å². The van der Waals surface area contributed by atoms with Crippen molar-refractivity contribution in [1.29, 1.82) is 0 Å². The number of nitrogens with zero attached hydrogens (tertiary/aromatic N) is 2. The lowest BCUT2D eigenvalue weighted by Gasteiger charge is -2.55. The second-order valence-electron chi connectivity index (χ2n) is 14.9. The van der Waals surface area contributed by atoms with E-state index in [1.165, 1.54) is 38.5 Å². The van der Waals surface area contributed by atoms with Crippen LogP contribution < -0.4 is 10.6 Å². The largest absolute Gasteiger partial charge is 0.418 e. The van der Waals surface area contributed by atoms with E-state index in [4.69, 9.17) is 9.40 Å². The topological polar surface area (TPSA) is 97.1 Å². The summed E-state index contributed by atoms with van der Waals surface area (Å²) in [5.74, 6) is 5.25. The molecule has 7 heteroatoms. The van der Waals surface area contributed by atoms with Crippen molar-refractivity contribution < 1.29 is 14.0 Å². The summed E-state index contributed by atoms with van der Waals surface area (Å²) < 4.78 is 5.98. The zero-order valence-electron chi connectivity index (χ0n) is 23.5. The first-order valence-corrected chi connectivity index (χ1v) is 15.9. The van der Waals surface area contributed by atoms with Crippen LogP contribution in [-0.2, 0) is 9.59 Å². The fraction of sp³-hybridized carbons (Fsp3) is 0.588. The van der Waals surface area contributed by atoms with Gasteiger partial charge in [-0.3, -0.25) is 9.59 Å². The third-order valence-corrected chi connectivity index (χ3v) is 11.9. The van der Waals surface area contributed by atoms with Crippen LogP contribution in [0.25, 0.3) is 22.7 Å². The van der Waals surface area contributed by atoms with Crippen molar-refractivity contribution in [2.75, 3.05) is 10.6 Å². The molecule has 3 aromatic rings. The van der Waals surface area contributed by atoms with Crippen molar-refractivity contribution in [3.05, 3.63) is 36.5 Å². The van der Waals surface area contributed by atoms with Crippen molar-refractivity contribution >= 4 is 34.4 Å². The molecule has 2 heterocycles. The number of anilines is 2. The van der Waals surface area contributed by atoms with Gasteiger partial charge in [0.25, 0.3) is 0 Å². The lowest BCUT2D eigenvalue weighted by atomic mass is 9.49. The molecule has 0 radical (unpaired) electrons. The van der Waals surface area contributed by atoms with E-state index >= 15 is 0 Å². The van der Waals surface area contributed by atoms with Gasteiger partial charge in [0.2, 0.25) is 23.4 Å². The predicted octanol–water partition coefficient (Wildman–Crippen LogP) is 7.20. The van der Waals surface area contributed by atoms with Gasteiger partial charge in [-0.1, -0.05) is 0 Å². The van der Waals surface area contributed by atoms with Gasteiger partial charge in [-0.25, -0.2) is 9.97 Å². The second-order valence-corrected chi connectivity index (χ2v) is 14.9. The lowest BCUT2D eigenvalue weighted by Crippen LogP contribution is -2.51. The monoisotopic (exact) mass is 550 g/mol. The highest BCUT2D eigenvalue weighted by Gasteiger charge is 2.55. The Balaban J connectivity index is 0.896. The van der Waals surface area contributed by atoms with Crippen molar-refractivity contribution in [2.24, 2.45) is 46.3 Å². The van der Waals surface area contributed by atoms with E-state index in [0.29, 0.717) is 22.8 Å². The Kier molecular flexibility index (Phi) is 5.14. The van der Waals surface area contributed by atoms with Gasteiger partial charge in [-0.15, -0.1) is 0 Å². The number of benzene rings is 1. The molecule has 1 aromatic carbocycles. The molecule has 8 saturated carbocycles. The average Bonchev–Trinajstić information content (AvgIpc) is 3.35. The van der Waals surface area contributed by atoms with Gasteiger partial charge in [0.05, 0.1) is 22.7 Å². The molecule has 8 bridgehead atoms. The molecule has 11 rings (SSSR count). The lowest BCUT2D eigenvalue weighted by molar-refractivity contribution is -0.141. The summed E-state index contributed by atoms with van der Waals surface area (Å²) in [5, 5.41) is 6.42. The molecule has 0 saturated heterocycles. The van der Waals surface area contributed by atoms with Crippen LogP contribution in [0.5, 0.6) is 0 Å². The van der Waals surface area contributed by atoms with E-state index in [9.17, 15) is 9.59 Å². The summed E-state index contributed by atoms with van der Waals surface area (Å²) in [7, 11) is 0. The van der Waals surface area contributed by atoms with Crippen molar-refractivity contribution in [1.82, 2.24) is 9.97 Å². The van der Waals surface area contributed by atoms with Crippen molar-refractivity contribution in [3.63, 3.8) is 0 Å². The molecule has 2 aromatic heterocycles. The minimum Gasteiger partial charge on any atom is -0.418 e. The van der Waals surface area contributed by atoms with Gasteiger partial charge < -0.3 is 15.1 Å². The highest BCUT2D eigenvalue weighted by Crippen LogP contribution is 2.61. The van der Waals surface area contributed by atoms with E-state index in [0.717, 1.165) is 85.3 Å². The number of hydrogen-bond donors (Lipinski definition) is 2. The highest BCUT2D eigenvalue weighted by molar-refractivity contribution is 5.97. The third-order valence-electron chi connectivity index (χ3n) is 11.9. The fourth-order valence-corrected chi connectivity index (χ4v) is 11.0. The number of carbonyl (C=O) groups excluding carboxylic acids is 2. The van der Waals surface area contributed by atoms with Gasteiger partial charge in [-0.05, 0) is 143 Å². The number of amides is 2. The standard InChI is InChI=1S/C34H38N4O3/c39-31(33-12-19-5-20(13-33)7-21(6-19)14-33)36-26-3-1-25(2-4-26)29-38-28-11-27(18-35-30(28)41-29)37-32(40)34-15-22-8-23(16-34)10-24(9-22)17-34/h1-4,11,18-24H,5-10,12-17H2,(H,36,39)(H,37,40). The maximum atomic E-state index is 13.5. The zero-order valence-corrected chi connectivity index (χ0v) is 23.5. The Morgan fingerprint density at radius 3 is 1.63 bits per heavy atom. The summed E-state index contributed by atoms with van der Waals surface area (Å²) in [6.45, 7) is 0. The van der Waals surface area contributed by atoms with Crippen LogP contribution in [0.4, 0.5) is 11.4 Å². The van der Waals surface area contributed by atoms with Crippen LogP contribution in [-0.4, -0.2) is 21.8 Å². The molecule has 7 nitrogen and oxygen atoms in total. The van der Waals surface area contributed by atoms with Gasteiger partial charge >= 0.3 is 0 Å². The Labute approximate surface area is 240 Å². The highest BCUT2D eigenvalue weighted by atomic mass is 16.4. The predicted molar refractivity (Wildman–Crippen MR) is 156 cm³/mol. The van der Waals surface area contributed by atoms with Gasteiger partial charge in [-0.2, -0.15) is 0 Å². The first kappa shape index (κ1) is 24.4. The number of oxazole rings is 1. The van der Waals surface area contributed by atoms with E-state index in [2.05, 4.69) is 15.6 Å². The Bertz CT molecular complexity index is 1490. The molecule has 8 aliphatic carbocycles. The Morgan fingerprint density at radius 1 is 0.683 bits per heavy atom. The van der Waals surface area contributed by atoms with Crippen LogP contribution in [0, 0.1) is 46.3 Å². The molecule has 0 aliphatic heterocycles. The quantitative estimate of drug-likeness (QED) is 0.350. The normalized spacial score (nSPS) is 38.0. The second kappa shape index (κ2) is 8.65. The summed E-state index contributed by atoms with van der Waals surface area (Å²) >= 11 is 0. The van der Waals surface area contributed by atoms with Crippen molar-refractivity contribution in [3.8, 4) is 11.5 Å². The number of rotatable bonds is 5. The SMILES string of the molecule is O=C(Nc1ccc(-c2nc3cc(NC(=O)C45CC6CC(CC(C6)C4)C5)cnc3o2)cc1)C12CC3CC(CC(C3)C1)C2. The molecule has 8 aliphatic rings. The minimum absolute atomic E-state index is 0.160. The fourth-order valence-electron chi connectivity index (χ4n) is 11.0. The van der Waals surface area contributed by atoms with Gasteiger partial charge in [0, 0.05) is 11.3 Å². The van der Waals surface area contributed by atoms with E-state index in [-0.39, 0.29) is 22.6 Å². The van der Waals surface area contributed by atoms with Crippen LogP contribution >= 0.6 is 0 Å². The third kappa shape index (κ3) is 3.98. The number of aromatic nitrogens is 2. The molecule has 0 atom stereocenters. The smallest absolute Gasteiger partial charge is 0.247 e. The van der Waals surface area contributed by atoms with Crippen LogP contribution in [0.15, 0.2) is 40.9 Å². The van der Waals surface area contributed by atoms with Crippen molar-refractivity contribution in [2.45, 2.75) is 77.0 Å². The molecule has 2 amide bonds. The van der Waals surface area contributed by atoms with E-state index < -0.39 is 0 Å². The molecular formula is C34H38N4O3. The molecule has 0 unspecified atom stereocenters. The van der Waals surface area contributed by atoms with E-state index in [1.807, 2.05) is 30.3 Å². The number of hydrogen-bond acceptors (Lipinski definition) is 5. The zero-order chi connectivity index (χ0) is 27.3. The number of carbonyl (C=O) groups is 2. The number of fused-ring (bicyclic) bond motifs is 1. The first-order valence-electron chi connectivity index (χ1n) is 15.9. The van der Waals surface area contributed by atoms with E-state index in [1.54, 1.807) is 6.20 Å². The molecule has 2 N–H and O–H groups in total. The molecule has 41 heavy (non-hydrogen) atoms. The molecule has 8 fully saturated rings. The molecular weight excluding hydrogens is 512 g/mol. The van der Waals surface area contributed by atoms with Crippen LogP contribution in [0.2, 0.25) is 0 Å². The van der Waals surface area contributed by atoms with Gasteiger partial charge in [0.1, 0.15) is 5.52 Å². The molecule has 212 valence electrons. The maximum Gasteiger partial charge on any atom is 0.247 e. The minimum atomic E-state index is -0.203. The van der Waals surface area contributed by atoms with Gasteiger partial charge in [0.15, 0.2) is 0 Å². The summed E-state index contributed by atoms with van der Waals surface area (Å²) in [5.41, 5.74) is 3.04. The Morgan fingerprint density at radius 2 is 1.15 bits per heavy atom. The summed E-state index contributed by atoms with van der Waals surface area (Å²) in [6, 6.07) is 9.62. The van der Waals surface area contributed by atoms with Crippen LogP contribution in [0.1, 0.15) is 77.0 Å². The summed E-state index contributed by atoms with van der Waals surface area (Å²) in [4.78, 5) is 36.1. The Hall–Kier alpha value is -3.22.